The van der Waals surface area contributed by atoms with Crippen molar-refractivity contribution in [3.8, 4) is 0 Å². The second kappa shape index (κ2) is 11.1. The normalized spacial score (nSPS) is 18.5. The summed E-state index contributed by atoms with van der Waals surface area (Å²) < 4.78 is 0. The Bertz CT molecular complexity index is 646. The summed E-state index contributed by atoms with van der Waals surface area (Å²) in [6, 6.07) is 2.11. The topological polar surface area (TPSA) is 58.4 Å². The number of pyridine rings is 1. The number of aromatic nitrogens is 1. The molecular weight excluding hydrogens is 376 g/mol. The maximum Gasteiger partial charge on any atom is 0.152 e. The molecule has 3 rings (SSSR count). The second-order valence-electron chi connectivity index (χ2n) is 8.93. The highest BCUT2D eigenvalue weighted by molar-refractivity contribution is 5.72. The summed E-state index contributed by atoms with van der Waals surface area (Å²) in [5.74, 6) is 1.10. The predicted molar refractivity (Wildman–Crippen MR) is 128 cm³/mol. The van der Waals surface area contributed by atoms with Gasteiger partial charge in [0.25, 0.3) is 0 Å². The quantitative estimate of drug-likeness (QED) is 0.587. The largest absolute Gasteiger partial charge is 0.397 e. The zero-order valence-electron chi connectivity index (χ0n) is 19.6. The first-order chi connectivity index (χ1) is 14.5. The molecule has 1 fully saturated rings. The third kappa shape index (κ3) is 6.44. The first kappa shape index (κ1) is 23.1. The fourth-order valence-corrected chi connectivity index (χ4v) is 4.09. The van der Waals surface area contributed by atoms with E-state index in [-0.39, 0.29) is 0 Å². The second-order valence-corrected chi connectivity index (χ2v) is 8.93. The van der Waals surface area contributed by atoms with Crippen LogP contribution in [0.5, 0.6) is 0 Å². The number of likely N-dealkylation sites (N-methyl/N-ethyl adjacent to an activating group) is 3. The van der Waals surface area contributed by atoms with Gasteiger partial charge in [0.1, 0.15) is 0 Å². The van der Waals surface area contributed by atoms with Crippen molar-refractivity contribution in [3.63, 3.8) is 0 Å². The van der Waals surface area contributed by atoms with Crippen LogP contribution in [0, 0.1) is 0 Å². The van der Waals surface area contributed by atoms with Crippen molar-refractivity contribution in [3.05, 3.63) is 12.3 Å². The SMILES string of the molecule is CCN(C)CCN(C)CCN1CCN(CCN2CCN(C)CC2)c2ncc(N)cc21. The lowest BCUT2D eigenvalue weighted by Crippen LogP contribution is -2.49. The molecule has 8 heteroatoms. The Kier molecular flexibility index (Phi) is 8.56. The maximum absolute atomic E-state index is 6.11. The molecular formula is C22H42N8. The molecule has 0 saturated carbocycles. The van der Waals surface area contributed by atoms with E-state index in [4.69, 9.17) is 10.7 Å². The van der Waals surface area contributed by atoms with E-state index in [2.05, 4.69) is 63.5 Å². The molecule has 30 heavy (non-hydrogen) atoms. The van der Waals surface area contributed by atoms with Gasteiger partial charge in [-0.1, -0.05) is 6.92 Å². The Labute approximate surface area is 183 Å². The summed E-state index contributed by atoms with van der Waals surface area (Å²) in [6.07, 6.45) is 1.80. The molecule has 0 radical (unpaired) electrons. The van der Waals surface area contributed by atoms with E-state index in [1.165, 1.54) is 18.8 Å². The number of nitrogens with two attached hydrogens (primary N) is 1. The first-order valence-electron chi connectivity index (χ1n) is 11.5. The third-order valence-electron chi connectivity index (χ3n) is 6.59. The van der Waals surface area contributed by atoms with Crippen molar-refractivity contribution in [1.29, 1.82) is 0 Å². The molecule has 0 amide bonds. The molecule has 2 aliphatic heterocycles. The molecule has 8 nitrogen and oxygen atoms in total. The molecule has 3 heterocycles. The number of fused-ring (bicyclic) bond motifs is 1. The van der Waals surface area contributed by atoms with E-state index in [1.807, 2.05) is 0 Å². The summed E-state index contributed by atoms with van der Waals surface area (Å²) in [4.78, 5) is 19.4. The van der Waals surface area contributed by atoms with Gasteiger partial charge in [0.2, 0.25) is 0 Å². The summed E-state index contributed by atoms with van der Waals surface area (Å²) in [5.41, 5.74) is 8.05. The average molecular weight is 419 g/mol. The number of hydrogen-bond donors (Lipinski definition) is 1. The Balaban J connectivity index is 1.55. The highest BCUT2D eigenvalue weighted by Gasteiger charge is 2.25. The van der Waals surface area contributed by atoms with Crippen LogP contribution in [0.4, 0.5) is 17.2 Å². The lowest BCUT2D eigenvalue weighted by atomic mass is 10.2. The summed E-state index contributed by atoms with van der Waals surface area (Å²) >= 11 is 0. The Morgan fingerprint density at radius 1 is 0.900 bits per heavy atom. The molecule has 0 aliphatic carbocycles. The van der Waals surface area contributed by atoms with E-state index in [0.29, 0.717) is 0 Å². The van der Waals surface area contributed by atoms with Crippen LogP contribution in [0.25, 0.3) is 0 Å². The van der Waals surface area contributed by atoms with Crippen molar-refractivity contribution < 1.29 is 0 Å². The average Bonchev–Trinajstić information content (AvgIpc) is 2.75. The molecule has 1 aromatic heterocycles. The van der Waals surface area contributed by atoms with Crippen LogP contribution in [-0.4, -0.2) is 131 Å². The van der Waals surface area contributed by atoms with E-state index >= 15 is 0 Å². The highest BCUT2D eigenvalue weighted by Crippen LogP contribution is 2.32. The van der Waals surface area contributed by atoms with Gasteiger partial charge in [-0.3, -0.25) is 4.90 Å². The highest BCUT2D eigenvalue weighted by atomic mass is 15.3. The Morgan fingerprint density at radius 3 is 2.33 bits per heavy atom. The van der Waals surface area contributed by atoms with Gasteiger partial charge in [0.05, 0.1) is 17.6 Å². The number of nitrogens with zero attached hydrogens (tertiary/aromatic N) is 7. The van der Waals surface area contributed by atoms with E-state index in [1.54, 1.807) is 6.20 Å². The van der Waals surface area contributed by atoms with Crippen LogP contribution in [0.2, 0.25) is 0 Å². The minimum Gasteiger partial charge on any atom is -0.397 e. The van der Waals surface area contributed by atoms with Gasteiger partial charge in [-0.15, -0.1) is 0 Å². The number of piperazine rings is 1. The molecule has 0 aromatic carbocycles. The number of nitrogen functional groups attached to an aromatic ring is 1. The summed E-state index contributed by atoms with van der Waals surface area (Å²) in [6.45, 7) is 16.4. The number of hydrogen-bond acceptors (Lipinski definition) is 8. The first-order valence-corrected chi connectivity index (χ1v) is 11.5. The Morgan fingerprint density at radius 2 is 1.60 bits per heavy atom. The summed E-state index contributed by atoms with van der Waals surface area (Å²) in [7, 11) is 6.61. The van der Waals surface area contributed by atoms with Gasteiger partial charge >= 0.3 is 0 Å². The van der Waals surface area contributed by atoms with Crippen LogP contribution < -0.4 is 15.5 Å². The van der Waals surface area contributed by atoms with Crippen LogP contribution >= 0.6 is 0 Å². The lowest BCUT2D eigenvalue weighted by molar-refractivity contribution is 0.156. The van der Waals surface area contributed by atoms with E-state index < -0.39 is 0 Å². The molecule has 2 aliphatic rings. The van der Waals surface area contributed by atoms with Crippen molar-refractivity contribution in [2.24, 2.45) is 0 Å². The van der Waals surface area contributed by atoms with Gasteiger partial charge in [0.15, 0.2) is 5.82 Å². The van der Waals surface area contributed by atoms with Crippen LogP contribution in [-0.2, 0) is 0 Å². The standard InChI is InChI=1S/C22H42N8/c1-5-25(2)6-7-26(3)10-14-29-16-17-30(22-21(29)18-20(23)19-24-22)15-13-28-11-8-27(4)9-12-28/h18-19H,5-17,23H2,1-4H3. The summed E-state index contributed by atoms with van der Waals surface area (Å²) in [5, 5.41) is 0. The monoisotopic (exact) mass is 418 g/mol. The van der Waals surface area contributed by atoms with Gasteiger partial charge in [0, 0.05) is 78.5 Å². The fourth-order valence-electron chi connectivity index (χ4n) is 4.09. The zero-order chi connectivity index (χ0) is 21.5. The lowest BCUT2D eigenvalue weighted by Gasteiger charge is -2.40. The molecule has 170 valence electrons. The molecule has 1 aromatic rings. The Hall–Kier alpha value is -1.61. The number of anilines is 3. The molecule has 0 bridgehead atoms. The van der Waals surface area contributed by atoms with Gasteiger partial charge in [-0.05, 0) is 33.8 Å². The fraction of sp³-hybridized carbons (Fsp3) is 0.773. The molecule has 0 unspecified atom stereocenters. The smallest absolute Gasteiger partial charge is 0.152 e. The minimum absolute atomic E-state index is 0.748. The third-order valence-corrected chi connectivity index (χ3v) is 6.59. The number of rotatable bonds is 10. The van der Waals surface area contributed by atoms with Crippen molar-refractivity contribution in [2.45, 2.75) is 6.92 Å². The van der Waals surface area contributed by atoms with Crippen molar-refractivity contribution in [1.82, 2.24) is 24.6 Å². The van der Waals surface area contributed by atoms with Crippen LogP contribution in [0.15, 0.2) is 12.3 Å². The van der Waals surface area contributed by atoms with Crippen molar-refractivity contribution in [2.75, 3.05) is 122 Å². The predicted octanol–water partition coefficient (Wildman–Crippen LogP) is 0.421. The van der Waals surface area contributed by atoms with Crippen LogP contribution in [0.1, 0.15) is 6.92 Å². The van der Waals surface area contributed by atoms with E-state index in [0.717, 1.165) is 83.5 Å². The zero-order valence-corrected chi connectivity index (χ0v) is 19.6. The minimum atomic E-state index is 0.748. The van der Waals surface area contributed by atoms with Gasteiger partial charge < -0.3 is 30.2 Å². The molecule has 0 spiro atoms. The molecule has 1 saturated heterocycles. The molecule has 2 N–H and O–H groups in total. The van der Waals surface area contributed by atoms with Gasteiger partial charge in [-0.2, -0.15) is 0 Å². The van der Waals surface area contributed by atoms with Crippen molar-refractivity contribution >= 4 is 17.2 Å². The van der Waals surface area contributed by atoms with Gasteiger partial charge in [-0.25, -0.2) is 4.98 Å². The molecule has 0 atom stereocenters. The van der Waals surface area contributed by atoms with E-state index in [9.17, 15) is 0 Å². The van der Waals surface area contributed by atoms with Crippen LogP contribution in [0.3, 0.4) is 0 Å². The maximum atomic E-state index is 6.11.